The molecule has 0 spiro atoms. The van der Waals surface area contributed by atoms with Gasteiger partial charge in [0.25, 0.3) is 0 Å². The zero-order chi connectivity index (χ0) is 17.8. The number of aromatic amines is 1. The third-order valence-corrected chi connectivity index (χ3v) is 4.12. The van der Waals surface area contributed by atoms with Crippen molar-refractivity contribution >= 4 is 22.5 Å². The molecular formula is C20H17N5O. The van der Waals surface area contributed by atoms with Crippen LogP contribution in [-0.4, -0.2) is 26.1 Å². The van der Waals surface area contributed by atoms with Gasteiger partial charge in [-0.3, -0.25) is 9.89 Å². The zero-order valence-corrected chi connectivity index (χ0v) is 14.0. The van der Waals surface area contributed by atoms with Gasteiger partial charge in [0.2, 0.25) is 5.91 Å². The van der Waals surface area contributed by atoms with E-state index in [2.05, 4.69) is 49.7 Å². The van der Waals surface area contributed by atoms with E-state index < -0.39 is 0 Å². The van der Waals surface area contributed by atoms with Crippen LogP contribution < -0.4 is 5.32 Å². The first-order valence-corrected chi connectivity index (χ1v) is 8.38. The lowest BCUT2D eigenvalue weighted by Gasteiger charge is -2.07. The average Bonchev–Trinajstić information content (AvgIpc) is 3.20. The Morgan fingerprint density at radius 2 is 1.88 bits per heavy atom. The molecule has 0 radical (unpaired) electrons. The van der Waals surface area contributed by atoms with Crippen molar-refractivity contribution in [3.05, 3.63) is 72.8 Å². The maximum absolute atomic E-state index is 12.1. The number of nitrogens with zero attached hydrogens (tertiary/aromatic N) is 3. The maximum atomic E-state index is 12.1. The summed E-state index contributed by atoms with van der Waals surface area (Å²) in [5.74, 6) is 1.13. The predicted molar refractivity (Wildman–Crippen MR) is 101 cm³/mol. The van der Waals surface area contributed by atoms with Crippen LogP contribution in [0.1, 0.15) is 12.2 Å². The van der Waals surface area contributed by atoms with Crippen LogP contribution in [0.3, 0.4) is 0 Å². The second-order valence-electron chi connectivity index (χ2n) is 5.95. The zero-order valence-electron chi connectivity index (χ0n) is 14.0. The number of hydrogen-bond acceptors (Lipinski definition) is 4. The second-order valence-corrected chi connectivity index (χ2v) is 5.95. The monoisotopic (exact) mass is 343 g/mol. The first kappa shape index (κ1) is 16.0. The summed E-state index contributed by atoms with van der Waals surface area (Å²) in [5, 5.41) is 11.7. The Hall–Kier alpha value is -3.54. The van der Waals surface area contributed by atoms with Gasteiger partial charge in [0.15, 0.2) is 0 Å². The molecule has 0 saturated carbocycles. The minimum absolute atomic E-state index is 0.107. The van der Waals surface area contributed by atoms with Gasteiger partial charge in [0.1, 0.15) is 18.0 Å². The van der Waals surface area contributed by atoms with Crippen LogP contribution in [0.5, 0.6) is 0 Å². The molecule has 2 aromatic heterocycles. The average molecular weight is 343 g/mol. The van der Waals surface area contributed by atoms with Crippen molar-refractivity contribution in [1.82, 2.24) is 20.2 Å². The van der Waals surface area contributed by atoms with Gasteiger partial charge in [0, 0.05) is 18.4 Å². The highest BCUT2D eigenvalue weighted by Gasteiger charge is 2.07. The number of fused-ring (bicyclic) bond motifs is 1. The van der Waals surface area contributed by atoms with Gasteiger partial charge < -0.3 is 5.32 Å². The van der Waals surface area contributed by atoms with Crippen LogP contribution in [-0.2, 0) is 11.2 Å². The fraction of sp³-hybridized carbons (Fsp3) is 0.100. The molecule has 0 aliphatic rings. The van der Waals surface area contributed by atoms with Gasteiger partial charge in [-0.15, -0.1) is 0 Å². The molecule has 4 aromatic rings. The standard InChI is InChI=1S/C20H17N5O/c26-20(11-10-18-21-13-22-25-18)24-19-7-3-6-17(23-19)16-9-8-14-4-1-2-5-15(14)12-16/h1-9,12-13H,10-11H2,(H,21,22,25)(H,23,24,26). The predicted octanol–water partition coefficient (Wildman–Crippen LogP) is 3.59. The molecule has 1 amide bonds. The number of rotatable bonds is 5. The van der Waals surface area contributed by atoms with E-state index >= 15 is 0 Å². The molecule has 2 aromatic carbocycles. The Morgan fingerprint density at radius 3 is 2.73 bits per heavy atom. The molecule has 0 aliphatic heterocycles. The number of hydrogen-bond donors (Lipinski definition) is 2. The minimum Gasteiger partial charge on any atom is -0.311 e. The molecule has 26 heavy (non-hydrogen) atoms. The van der Waals surface area contributed by atoms with Crippen molar-refractivity contribution in [2.45, 2.75) is 12.8 Å². The highest BCUT2D eigenvalue weighted by molar-refractivity contribution is 5.90. The number of pyridine rings is 1. The van der Waals surface area contributed by atoms with Crippen LogP contribution in [0, 0.1) is 0 Å². The van der Waals surface area contributed by atoms with Crippen molar-refractivity contribution < 1.29 is 4.79 Å². The molecule has 0 atom stereocenters. The summed E-state index contributed by atoms with van der Waals surface area (Å²) in [6.45, 7) is 0. The van der Waals surface area contributed by atoms with E-state index in [1.165, 1.54) is 11.7 Å². The minimum atomic E-state index is -0.107. The summed E-state index contributed by atoms with van der Waals surface area (Å²) < 4.78 is 0. The molecule has 0 fully saturated rings. The summed E-state index contributed by atoms with van der Waals surface area (Å²) >= 11 is 0. The van der Waals surface area contributed by atoms with E-state index in [9.17, 15) is 4.79 Å². The quantitative estimate of drug-likeness (QED) is 0.580. The molecule has 128 valence electrons. The van der Waals surface area contributed by atoms with E-state index in [1.807, 2.05) is 30.3 Å². The molecule has 0 bridgehead atoms. The topological polar surface area (TPSA) is 83.6 Å². The summed E-state index contributed by atoms with van der Waals surface area (Å²) in [6, 6.07) is 20.0. The molecular weight excluding hydrogens is 326 g/mol. The number of benzene rings is 2. The number of aromatic nitrogens is 4. The van der Waals surface area contributed by atoms with Crippen molar-refractivity contribution in [3.63, 3.8) is 0 Å². The highest BCUT2D eigenvalue weighted by atomic mass is 16.1. The summed E-state index contributed by atoms with van der Waals surface area (Å²) in [4.78, 5) is 20.7. The lowest BCUT2D eigenvalue weighted by atomic mass is 10.0. The van der Waals surface area contributed by atoms with Crippen LogP contribution in [0.4, 0.5) is 5.82 Å². The van der Waals surface area contributed by atoms with Gasteiger partial charge in [-0.2, -0.15) is 5.10 Å². The lowest BCUT2D eigenvalue weighted by Crippen LogP contribution is -2.13. The fourth-order valence-corrected chi connectivity index (χ4v) is 2.80. The number of H-pyrrole nitrogens is 1. The normalized spacial score (nSPS) is 10.8. The van der Waals surface area contributed by atoms with Crippen molar-refractivity contribution in [3.8, 4) is 11.3 Å². The van der Waals surface area contributed by atoms with Gasteiger partial charge in [-0.1, -0.05) is 42.5 Å². The van der Waals surface area contributed by atoms with E-state index in [0.717, 1.165) is 16.6 Å². The molecule has 0 saturated heterocycles. The highest BCUT2D eigenvalue weighted by Crippen LogP contribution is 2.24. The smallest absolute Gasteiger partial charge is 0.225 e. The van der Waals surface area contributed by atoms with Crippen LogP contribution >= 0.6 is 0 Å². The van der Waals surface area contributed by atoms with Crippen molar-refractivity contribution in [2.75, 3.05) is 5.32 Å². The van der Waals surface area contributed by atoms with E-state index in [1.54, 1.807) is 6.07 Å². The number of carbonyl (C=O) groups excluding carboxylic acids is 1. The van der Waals surface area contributed by atoms with E-state index in [0.29, 0.717) is 24.5 Å². The third kappa shape index (κ3) is 3.59. The van der Waals surface area contributed by atoms with Gasteiger partial charge >= 0.3 is 0 Å². The Morgan fingerprint density at radius 1 is 1.00 bits per heavy atom. The van der Waals surface area contributed by atoms with Crippen LogP contribution in [0.15, 0.2) is 67.0 Å². The fourth-order valence-electron chi connectivity index (χ4n) is 2.80. The molecule has 2 N–H and O–H groups in total. The first-order chi connectivity index (χ1) is 12.8. The molecule has 0 aliphatic carbocycles. The van der Waals surface area contributed by atoms with Crippen molar-refractivity contribution in [1.29, 1.82) is 0 Å². The Kier molecular flexibility index (Phi) is 4.38. The van der Waals surface area contributed by atoms with Gasteiger partial charge in [-0.05, 0) is 29.0 Å². The Labute approximate surface area is 150 Å². The second kappa shape index (κ2) is 7.14. The van der Waals surface area contributed by atoms with Gasteiger partial charge in [0.05, 0.1) is 5.69 Å². The Bertz CT molecular complexity index is 1040. The number of nitrogens with one attached hydrogen (secondary N) is 2. The summed E-state index contributed by atoms with van der Waals surface area (Å²) in [6.07, 6.45) is 2.26. The number of anilines is 1. The first-order valence-electron chi connectivity index (χ1n) is 8.38. The number of aryl methyl sites for hydroxylation is 1. The van der Waals surface area contributed by atoms with E-state index in [-0.39, 0.29) is 5.91 Å². The van der Waals surface area contributed by atoms with E-state index in [4.69, 9.17) is 0 Å². The molecule has 6 heteroatoms. The molecule has 2 heterocycles. The number of carbonyl (C=O) groups is 1. The number of amides is 1. The SMILES string of the molecule is O=C(CCc1ncn[nH]1)Nc1cccc(-c2ccc3ccccc3c2)n1. The van der Waals surface area contributed by atoms with Crippen molar-refractivity contribution in [2.24, 2.45) is 0 Å². The van der Waals surface area contributed by atoms with Crippen LogP contribution in [0.25, 0.3) is 22.0 Å². The molecule has 4 rings (SSSR count). The van der Waals surface area contributed by atoms with Crippen LogP contribution in [0.2, 0.25) is 0 Å². The Balaban J connectivity index is 1.49. The summed E-state index contributed by atoms with van der Waals surface area (Å²) in [7, 11) is 0. The lowest BCUT2D eigenvalue weighted by molar-refractivity contribution is -0.116. The summed E-state index contributed by atoms with van der Waals surface area (Å²) in [5.41, 5.74) is 1.84. The third-order valence-electron chi connectivity index (χ3n) is 4.12. The van der Waals surface area contributed by atoms with Gasteiger partial charge in [-0.25, -0.2) is 9.97 Å². The largest absolute Gasteiger partial charge is 0.311 e. The molecule has 6 nitrogen and oxygen atoms in total. The molecule has 0 unspecified atom stereocenters. The maximum Gasteiger partial charge on any atom is 0.225 e.